The summed E-state index contributed by atoms with van der Waals surface area (Å²) in [6.45, 7) is 7.76. The van der Waals surface area contributed by atoms with E-state index in [0.717, 1.165) is 57.3 Å². The van der Waals surface area contributed by atoms with E-state index in [2.05, 4.69) is 34.3 Å². The first-order chi connectivity index (χ1) is 8.38. The molecule has 17 heavy (non-hydrogen) atoms. The number of nitrogens with zero attached hydrogens (tertiary/aromatic N) is 2. The summed E-state index contributed by atoms with van der Waals surface area (Å²) in [5, 5.41) is 3.24. The smallest absolute Gasteiger partial charge is 0.126 e. The van der Waals surface area contributed by atoms with Crippen molar-refractivity contribution in [3.8, 4) is 0 Å². The fourth-order valence-corrected chi connectivity index (χ4v) is 2.03. The Balaban J connectivity index is 1.94. The first kappa shape index (κ1) is 12.3. The predicted molar refractivity (Wildman–Crippen MR) is 69.1 cm³/mol. The molecule has 1 N–H and O–H groups in total. The Morgan fingerprint density at radius 1 is 1.35 bits per heavy atom. The highest BCUT2D eigenvalue weighted by Gasteiger charge is 2.10. The molecule has 0 amide bonds. The van der Waals surface area contributed by atoms with Crippen LogP contribution in [0.4, 0.5) is 5.82 Å². The van der Waals surface area contributed by atoms with Gasteiger partial charge in [0.15, 0.2) is 0 Å². The Morgan fingerprint density at radius 3 is 3.18 bits per heavy atom. The molecule has 0 unspecified atom stereocenters. The maximum Gasteiger partial charge on any atom is 0.126 e. The third-order valence-electron chi connectivity index (χ3n) is 2.87. The van der Waals surface area contributed by atoms with Crippen LogP contribution in [-0.4, -0.2) is 42.7 Å². The summed E-state index contributed by atoms with van der Waals surface area (Å²) in [5.41, 5.74) is 1.13. The highest BCUT2D eigenvalue weighted by molar-refractivity contribution is 5.34. The van der Waals surface area contributed by atoms with Gasteiger partial charge in [-0.15, -0.1) is 0 Å². The molecule has 0 aromatic carbocycles. The topological polar surface area (TPSA) is 37.4 Å². The number of nitrogens with one attached hydrogen (secondary N) is 1. The third kappa shape index (κ3) is 3.98. The zero-order valence-corrected chi connectivity index (χ0v) is 10.5. The van der Waals surface area contributed by atoms with Crippen LogP contribution in [0.2, 0.25) is 0 Å². The SMILES string of the molecule is CCNc1cccc(CN2CCCOCC2)n1. The van der Waals surface area contributed by atoms with E-state index in [4.69, 9.17) is 4.74 Å². The van der Waals surface area contributed by atoms with E-state index in [9.17, 15) is 0 Å². The summed E-state index contributed by atoms with van der Waals surface area (Å²) in [4.78, 5) is 7.00. The largest absolute Gasteiger partial charge is 0.380 e. The highest BCUT2D eigenvalue weighted by Crippen LogP contribution is 2.09. The van der Waals surface area contributed by atoms with Crippen molar-refractivity contribution in [2.24, 2.45) is 0 Å². The Kier molecular flexibility index (Phi) is 4.76. The lowest BCUT2D eigenvalue weighted by Gasteiger charge is -2.18. The van der Waals surface area contributed by atoms with E-state index in [1.807, 2.05) is 6.07 Å². The van der Waals surface area contributed by atoms with Crippen LogP contribution in [0.5, 0.6) is 0 Å². The molecule has 4 heteroatoms. The van der Waals surface area contributed by atoms with Crippen molar-refractivity contribution in [1.29, 1.82) is 0 Å². The van der Waals surface area contributed by atoms with E-state index < -0.39 is 0 Å². The molecule has 1 fully saturated rings. The van der Waals surface area contributed by atoms with Crippen molar-refractivity contribution in [3.63, 3.8) is 0 Å². The molecule has 0 aliphatic carbocycles. The molecule has 0 bridgehead atoms. The summed E-state index contributed by atoms with van der Waals surface area (Å²) < 4.78 is 5.45. The van der Waals surface area contributed by atoms with Crippen LogP contribution in [0.25, 0.3) is 0 Å². The van der Waals surface area contributed by atoms with Gasteiger partial charge in [0, 0.05) is 32.8 Å². The lowest BCUT2D eigenvalue weighted by atomic mass is 10.3. The van der Waals surface area contributed by atoms with E-state index in [1.165, 1.54) is 0 Å². The first-order valence-corrected chi connectivity index (χ1v) is 6.38. The van der Waals surface area contributed by atoms with Crippen LogP contribution in [0, 0.1) is 0 Å². The Labute approximate surface area is 103 Å². The molecule has 0 atom stereocenters. The second kappa shape index (κ2) is 6.57. The second-order valence-corrected chi connectivity index (χ2v) is 4.29. The molecule has 2 heterocycles. The zero-order valence-electron chi connectivity index (χ0n) is 10.5. The molecule has 0 radical (unpaired) electrons. The normalized spacial score (nSPS) is 17.7. The standard InChI is InChI=1S/C13H21N3O/c1-2-14-13-6-3-5-12(15-13)11-16-7-4-9-17-10-8-16/h3,5-6H,2,4,7-11H2,1H3,(H,14,15). The van der Waals surface area contributed by atoms with Crippen LogP contribution >= 0.6 is 0 Å². The van der Waals surface area contributed by atoms with Crippen molar-refractivity contribution >= 4 is 5.82 Å². The number of rotatable bonds is 4. The van der Waals surface area contributed by atoms with E-state index in [1.54, 1.807) is 0 Å². The number of aromatic nitrogens is 1. The van der Waals surface area contributed by atoms with Gasteiger partial charge < -0.3 is 10.1 Å². The maximum atomic E-state index is 5.45. The van der Waals surface area contributed by atoms with Gasteiger partial charge in [-0.25, -0.2) is 4.98 Å². The van der Waals surface area contributed by atoms with E-state index >= 15 is 0 Å². The van der Waals surface area contributed by atoms with Crippen molar-refractivity contribution in [1.82, 2.24) is 9.88 Å². The summed E-state index contributed by atoms with van der Waals surface area (Å²) in [6.07, 6.45) is 1.12. The van der Waals surface area contributed by atoms with Gasteiger partial charge in [-0.3, -0.25) is 4.90 Å². The quantitative estimate of drug-likeness (QED) is 0.862. The average Bonchev–Trinajstić information content (AvgIpc) is 2.59. The number of hydrogen-bond donors (Lipinski definition) is 1. The second-order valence-electron chi connectivity index (χ2n) is 4.29. The van der Waals surface area contributed by atoms with Crippen molar-refractivity contribution < 1.29 is 4.74 Å². The molecule has 2 rings (SSSR count). The number of pyridine rings is 1. The minimum absolute atomic E-state index is 0.840. The fourth-order valence-electron chi connectivity index (χ4n) is 2.03. The molecule has 1 aliphatic rings. The van der Waals surface area contributed by atoms with Crippen molar-refractivity contribution in [2.75, 3.05) is 38.2 Å². The molecular formula is C13H21N3O. The van der Waals surface area contributed by atoms with Gasteiger partial charge in [0.25, 0.3) is 0 Å². The summed E-state index contributed by atoms with van der Waals surface area (Å²) >= 11 is 0. The van der Waals surface area contributed by atoms with Gasteiger partial charge >= 0.3 is 0 Å². The lowest BCUT2D eigenvalue weighted by Crippen LogP contribution is -2.26. The zero-order chi connectivity index (χ0) is 11.9. The van der Waals surface area contributed by atoms with Gasteiger partial charge in [0.1, 0.15) is 5.82 Å². The molecule has 0 saturated carbocycles. The van der Waals surface area contributed by atoms with Gasteiger partial charge in [0.05, 0.1) is 12.3 Å². The number of hydrogen-bond acceptors (Lipinski definition) is 4. The van der Waals surface area contributed by atoms with Gasteiger partial charge in [-0.05, 0) is 25.5 Å². The number of ether oxygens (including phenoxy) is 1. The molecule has 94 valence electrons. The molecule has 1 aromatic heterocycles. The minimum atomic E-state index is 0.840. The monoisotopic (exact) mass is 235 g/mol. The highest BCUT2D eigenvalue weighted by atomic mass is 16.5. The average molecular weight is 235 g/mol. The van der Waals surface area contributed by atoms with Crippen LogP contribution in [-0.2, 0) is 11.3 Å². The Bertz CT molecular complexity index is 335. The van der Waals surface area contributed by atoms with Gasteiger partial charge in [-0.2, -0.15) is 0 Å². The molecule has 4 nitrogen and oxygen atoms in total. The predicted octanol–water partition coefficient (Wildman–Crippen LogP) is 1.74. The van der Waals surface area contributed by atoms with Crippen LogP contribution in [0.15, 0.2) is 18.2 Å². The maximum absolute atomic E-state index is 5.45. The summed E-state index contributed by atoms with van der Waals surface area (Å²) in [5.74, 6) is 0.969. The van der Waals surface area contributed by atoms with E-state index in [-0.39, 0.29) is 0 Å². The minimum Gasteiger partial charge on any atom is -0.380 e. The summed E-state index contributed by atoms with van der Waals surface area (Å²) in [7, 11) is 0. The van der Waals surface area contributed by atoms with Crippen LogP contribution in [0.3, 0.4) is 0 Å². The number of anilines is 1. The van der Waals surface area contributed by atoms with Crippen LogP contribution < -0.4 is 5.32 Å². The van der Waals surface area contributed by atoms with Crippen LogP contribution in [0.1, 0.15) is 19.0 Å². The van der Waals surface area contributed by atoms with Crippen molar-refractivity contribution in [2.45, 2.75) is 19.9 Å². The lowest BCUT2D eigenvalue weighted by molar-refractivity contribution is 0.140. The molecule has 1 saturated heterocycles. The molecule has 0 spiro atoms. The van der Waals surface area contributed by atoms with Crippen molar-refractivity contribution in [3.05, 3.63) is 23.9 Å². The molecule has 1 aromatic rings. The molecular weight excluding hydrogens is 214 g/mol. The van der Waals surface area contributed by atoms with Gasteiger partial charge in [-0.1, -0.05) is 6.07 Å². The summed E-state index contributed by atoms with van der Waals surface area (Å²) in [6, 6.07) is 6.17. The third-order valence-corrected chi connectivity index (χ3v) is 2.87. The fraction of sp³-hybridized carbons (Fsp3) is 0.615. The Morgan fingerprint density at radius 2 is 2.29 bits per heavy atom. The molecule has 1 aliphatic heterocycles. The first-order valence-electron chi connectivity index (χ1n) is 6.38. The van der Waals surface area contributed by atoms with E-state index in [0.29, 0.717) is 0 Å². The Hall–Kier alpha value is -1.13. The van der Waals surface area contributed by atoms with Gasteiger partial charge in [0.2, 0.25) is 0 Å².